The maximum absolute atomic E-state index is 11.9. The summed E-state index contributed by atoms with van der Waals surface area (Å²) in [7, 11) is 0. The number of benzene rings is 2. The molecule has 1 aliphatic heterocycles. The Bertz CT molecular complexity index is 858. The van der Waals surface area contributed by atoms with Gasteiger partial charge in [-0.25, -0.2) is 9.59 Å². The Kier molecular flexibility index (Phi) is 4.63. The average Bonchev–Trinajstić information content (AvgIpc) is 2.61. The van der Waals surface area contributed by atoms with Gasteiger partial charge in [-0.15, -0.1) is 0 Å². The fraction of sp³-hybridized carbons (Fsp3) is 0.143. The van der Waals surface area contributed by atoms with E-state index in [4.69, 9.17) is 9.47 Å². The monoisotopic (exact) mass is 349 g/mol. The highest BCUT2D eigenvalue weighted by Gasteiger charge is 2.38. The van der Waals surface area contributed by atoms with Crippen molar-refractivity contribution < 1.29 is 19.1 Å². The van der Waals surface area contributed by atoms with E-state index in [1.807, 2.05) is 54.6 Å². The molecule has 0 radical (unpaired) electrons. The summed E-state index contributed by atoms with van der Waals surface area (Å²) in [5.41, 5.74) is 3.48. The summed E-state index contributed by atoms with van der Waals surface area (Å²) in [5.74, 6) is -2.68. The fourth-order valence-corrected chi connectivity index (χ4v) is 2.51. The van der Waals surface area contributed by atoms with Crippen LogP contribution in [0.25, 0.3) is 5.57 Å². The van der Waals surface area contributed by atoms with E-state index in [1.54, 1.807) is 0 Å². The first-order valence-corrected chi connectivity index (χ1v) is 8.14. The van der Waals surface area contributed by atoms with Crippen molar-refractivity contribution in [2.24, 2.45) is 0 Å². The highest BCUT2D eigenvalue weighted by atomic mass is 16.7. The van der Waals surface area contributed by atoms with Crippen molar-refractivity contribution >= 4 is 23.2 Å². The van der Waals surface area contributed by atoms with E-state index in [-0.39, 0.29) is 5.57 Å². The van der Waals surface area contributed by atoms with Crippen molar-refractivity contribution in [3.63, 3.8) is 0 Å². The topological polar surface area (TPSA) is 64.6 Å². The molecule has 0 bridgehead atoms. The Hall–Kier alpha value is -3.34. The zero-order valence-electron chi connectivity index (χ0n) is 14.6. The Morgan fingerprint density at radius 2 is 1.46 bits per heavy atom. The Morgan fingerprint density at radius 1 is 0.923 bits per heavy atom. The van der Waals surface area contributed by atoms with E-state index in [9.17, 15) is 9.59 Å². The Morgan fingerprint density at radius 3 is 2.04 bits per heavy atom. The van der Waals surface area contributed by atoms with Gasteiger partial charge in [0.25, 0.3) is 5.79 Å². The second kappa shape index (κ2) is 6.88. The molecule has 0 amide bonds. The summed E-state index contributed by atoms with van der Waals surface area (Å²) >= 11 is 0. The lowest BCUT2D eigenvalue weighted by Crippen LogP contribution is -2.42. The number of carbonyl (C=O) groups is 2. The van der Waals surface area contributed by atoms with Crippen LogP contribution in [-0.2, 0) is 19.1 Å². The number of cyclic esters (lactones) is 2. The van der Waals surface area contributed by atoms with E-state index in [1.165, 1.54) is 20.0 Å². The van der Waals surface area contributed by atoms with Crippen LogP contribution in [0.1, 0.15) is 25.0 Å². The van der Waals surface area contributed by atoms with Gasteiger partial charge in [-0.3, -0.25) is 0 Å². The van der Waals surface area contributed by atoms with E-state index in [2.05, 4.69) is 11.9 Å². The molecule has 2 aromatic carbocycles. The number of nitrogens with one attached hydrogen (secondary N) is 1. The lowest BCUT2D eigenvalue weighted by Gasteiger charge is -2.29. The van der Waals surface area contributed by atoms with Gasteiger partial charge in [-0.2, -0.15) is 0 Å². The fourth-order valence-electron chi connectivity index (χ4n) is 2.51. The lowest BCUT2D eigenvalue weighted by molar-refractivity contribution is -0.222. The van der Waals surface area contributed by atoms with Crippen LogP contribution in [0.15, 0.2) is 72.9 Å². The van der Waals surface area contributed by atoms with Crippen molar-refractivity contribution in [2.75, 3.05) is 5.32 Å². The zero-order valence-corrected chi connectivity index (χ0v) is 14.6. The minimum Gasteiger partial charge on any atom is -0.419 e. The third kappa shape index (κ3) is 3.83. The summed E-state index contributed by atoms with van der Waals surface area (Å²) in [6.07, 6.45) is 1.29. The molecule has 0 saturated carbocycles. The molecule has 2 aromatic rings. The van der Waals surface area contributed by atoms with Gasteiger partial charge >= 0.3 is 11.9 Å². The summed E-state index contributed by atoms with van der Waals surface area (Å²) in [4.78, 5) is 23.8. The Balaban J connectivity index is 1.71. The highest BCUT2D eigenvalue weighted by Crippen LogP contribution is 2.24. The number of ether oxygens (including phenoxy) is 2. The van der Waals surface area contributed by atoms with Crippen LogP contribution in [0.3, 0.4) is 0 Å². The first-order chi connectivity index (χ1) is 12.4. The summed E-state index contributed by atoms with van der Waals surface area (Å²) in [5, 5.41) is 2.92. The van der Waals surface area contributed by atoms with Gasteiger partial charge in [0.05, 0.1) is 0 Å². The van der Waals surface area contributed by atoms with Crippen molar-refractivity contribution in [1.82, 2.24) is 0 Å². The normalized spacial score (nSPS) is 15.7. The van der Waals surface area contributed by atoms with Gasteiger partial charge in [-0.1, -0.05) is 49.0 Å². The maximum atomic E-state index is 11.9. The zero-order chi connectivity index (χ0) is 18.7. The molecule has 26 heavy (non-hydrogen) atoms. The van der Waals surface area contributed by atoms with Crippen molar-refractivity contribution in [3.8, 4) is 0 Å². The molecule has 5 nitrogen and oxygen atoms in total. The largest absolute Gasteiger partial charge is 0.419 e. The lowest BCUT2D eigenvalue weighted by atomic mass is 9.99. The first kappa shape index (κ1) is 17.5. The number of carbonyl (C=O) groups excluding carboxylic acids is 2. The summed E-state index contributed by atoms with van der Waals surface area (Å²) < 4.78 is 10.1. The molecule has 0 aromatic heterocycles. The smallest absolute Gasteiger partial charge is 0.350 e. The molecule has 1 heterocycles. The van der Waals surface area contributed by atoms with Crippen LogP contribution in [0.5, 0.6) is 0 Å². The number of hydrogen-bond acceptors (Lipinski definition) is 5. The third-order valence-corrected chi connectivity index (χ3v) is 3.86. The summed E-state index contributed by atoms with van der Waals surface area (Å²) in [6, 6.07) is 17.4. The van der Waals surface area contributed by atoms with Gasteiger partial charge in [0.1, 0.15) is 0 Å². The van der Waals surface area contributed by atoms with Crippen LogP contribution in [0, 0.1) is 0 Å². The second-order valence-electron chi connectivity index (χ2n) is 6.30. The number of rotatable bonds is 4. The molecule has 1 aliphatic rings. The number of anilines is 1. The highest BCUT2D eigenvalue weighted by molar-refractivity contribution is 6.15. The molecular formula is C21H19NO4. The van der Waals surface area contributed by atoms with Gasteiger partial charge in [0.15, 0.2) is 5.57 Å². The predicted molar refractivity (Wildman–Crippen MR) is 99.0 cm³/mol. The second-order valence-corrected chi connectivity index (χ2v) is 6.30. The maximum Gasteiger partial charge on any atom is 0.350 e. The number of hydrogen-bond donors (Lipinski definition) is 1. The SMILES string of the molecule is C=C(c1ccccc1)c1ccc(NC=C2C(=O)OC(C)(C)OC2=O)cc1. The van der Waals surface area contributed by atoms with Crippen LogP contribution < -0.4 is 5.32 Å². The Labute approximate surface area is 151 Å². The molecule has 3 rings (SSSR count). The molecule has 0 spiro atoms. The van der Waals surface area contributed by atoms with Gasteiger partial charge in [-0.05, 0) is 28.8 Å². The minimum absolute atomic E-state index is 0.179. The van der Waals surface area contributed by atoms with Gasteiger partial charge in [0.2, 0.25) is 0 Å². The van der Waals surface area contributed by atoms with E-state index >= 15 is 0 Å². The quantitative estimate of drug-likeness (QED) is 0.515. The summed E-state index contributed by atoms with van der Waals surface area (Å²) in [6.45, 7) is 7.13. The standard InChI is InChI=1S/C21H19NO4/c1-14(15-7-5-4-6-8-15)16-9-11-17(12-10-16)22-13-18-19(23)25-21(2,3)26-20(18)24/h4-13,22H,1H2,2-3H3. The predicted octanol–water partition coefficient (Wildman–Crippen LogP) is 3.88. The third-order valence-electron chi connectivity index (χ3n) is 3.86. The van der Waals surface area contributed by atoms with E-state index < -0.39 is 17.7 Å². The molecule has 1 fully saturated rings. The molecule has 0 unspecified atom stereocenters. The van der Waals surface area contributed by atoms with Crippen molar-refractivity contribution in [2.45, 2.75) is 19.6 Å². The van der Waals surface area contributed by atoms with Crippen LogP contribution in [-0.4, -0.2) is 17.7 Å². The molecule has 1 saturated heterocycles. The van der Waals surface area contributed by atoms with Crippen molar-refractivity contribution in [3.05, 3.63) is 84.1 Å². The van der Waals surface area contributed by atoms with Crippen LogP contribution in [0.4, 0.5) is 5.69 Å². The minimum atomic E-state index is -1.25. The average molecular weight is 349 g/mol. The molecular weight excluding hydrogens is 330 g/mol. The molecule has 132 valence electrons. The van der Waals surface area contributed by atoms with Crippen LogP contribution >= 0.6 is 0 Å². The van der Waals surface area contributed by atoms with Gasteiger partial charge in [0, 0.05) is 25.7 Å². The number of esters is 2. The molecule has 5 heteroatoms. The van der Waals surface area contributed by atoms with Crippen LogP contribution in [0.2, 0.25) is 0 Å². The van der Waals surface area contributed by atoms with E-state index in [0.29, 0.717) is 5.69 Å². The van der Waals surface area contributed by atoms with Crippen molar-refractivity contribution in [1.29, 1.82) is 0 Å². The first-order valence-electron chi connectivity index (χ1n) is 8.14. The molecule has 0 aliphatic carbocycles. The van der Waals surface area contributed by atoms with Gasteiger partial charge < -0.3 is 14.8 Å². The molecule has 1 N–H and O–H groups in total. The van der Waals surface area contributed by atoms with E-state index in [0.717, 1.165) is 16.7 Å². The molecule has 0 atom stereocenters.